The van der Waals surface area contributed by atoms with E-state index in [-0.39, 0.29) is 11.6 Å². The van der Waals surface area contributed by atoms with Crippen LogP contribution in [0.15, 0.2) is 29.3 Å². The largest absolute Gasteiger partial charge is 0.383 e. The predicted molar refractivity (Wildman–Crippen MR) is 75.0 cm³/mol. The van der Waals surface area contributed by atoms with Crippen LogP contribution in [-0.2, 0) is 4.79 Å². The van der Waals surface area contributed by atoms with Crippen LogP contribution in [-0.4, -0.2) is 35.4 Å². The molecule has 0 unspecified atom stereocenters. The molecule has 1 aromatic carbocycles. The maximum absolute atomic E-state index is 11.4. The molecule has 100 valence electrons. The number of aliphatic imine (C=N–C) groups is 1. The van der Waals surface area contributed by atoms with E-state index < -0.39 is 0 Å². The van der Waals surface area contributed by atoms with E-state index in [0.29, 0.717) is 5.84 Å². The lowest BCUT2D eigenvalue weighted by Crippen LogP contribution is -2.51. The van der Waals surface area contributed by atoms with E-state index in [4.69, 9.17) is 5.73 Å². The van der Waals surface area contributed by atoms with Crippen LogP contribution in [0.5, 0.6) is 0 Å². The molecule has 5 nitrogen and oxygen atoms in total. The van der Waals surface area contributed by atoms with Crippen LogP contribution in [0.4, 0.5) is 5.69 Å². The summed E-state index contributed by atoms with van der Waals surface area (Å²) in [6.45, 7) is 3.06. The third-order valence-electron chi connectivity index (χ3n) is 3.94. The highest BCUT2D eigenvalue weighted by Crippen LogP contribution is 2.33. The zero-order valence-electron chi connectivity index (χ0n) is 11.0. The number of carbonyl (C=O) groups is 1. The first kappa shape index (κ1) is 12.0. The number of nitrogens with one attached hydrogen (secondary N) is 1. The van der Waals surface area contributed by atoms with Crippen molar-refractivity contribution in [1.82, 2.24) is 4.90 Å². The lowest BCUT2D eigenvalue weighted by Gasteiger charge is -2.42. The highest BCUT2D eigenvalue weighted by molar-refractivity contribution is 6.04. The first-order valence-corrected chi connectivity index (χ1v) is 6.58. The quantitative estimate of drug-likeness (QED) is 0.733. The first-order chi connectivity index (χ1) is 9.10. The number of hydrogen-bond donors (Lipinski definition) is 2. The van der Waals surface area contributed by atoms with Gasteiger partial charge in [0, 0.05) is 44.1 Å². The number of likely N-dealkylation sites (tertiary alicyclic amines) is 1. The number of anilines is 1. The van der Waals surface area contributed by atoms with Gasteiger partial charge in [0.15, 0.2) is 0 Å². The molecular weight excluding hydrogens is 240 g/mol. The summed E-state index contributed by atoms with van der Waals surface area (Å²) in [5.74, 6) is 0.716. The first-order valence-electron chi connectivity index (χ1n) is 6.58. The summed E-state index contributed by atoms with van der Waals surface area (Å²) in [5, 5.41) is 3.50. The molecule has 2 aliphatic rings. The lowest BCUT2D eigenvalue weighted by atomic mass is 9.94. The van der Waals surface area contributed by atoms with Crippen molar-refractivity contribution < 1.29 is 4.79 Å². The van der Waals surface area contributed by atoms with E-state index in [1.54, 1.807) is 6.92 Å². The van der Waals surface area contributed by atoms with E-state index in [1.807, 2.05) is 29.2 Å². The van der Waals surface area contributed by atoms with Gasteiger partial charge < -0.3 is 16.0 Å². The van der Waals surface area contributed by atoms with Gasteiger partial charge in [0.25, 0.3) is 0 Å². The number of para-hydroxylation sites is 1. The molecule has 19 heavy (non-hydrogen) atoms. The topological polar surface area (TPSA) is 70.7 Å². The number of benzene rings is 1. The number of amidine groups is 1. The van der Waals surface area contributed by atoms with Gasteiger partial charge in [0.05, 0.1) is 0 Å². The molecule has 1 saturated heterocycles. The standard InChI is InChI=1S/C14H18N4O/c1-10(19)18-8-6-14(7-9-18)16-12-5-3-2-4-11(12)13(15)17-14/h2-5,16H,6-9H2,1H3,(H2,15,17). The normalized spacial score (nSPS) is 20.5. The molecule has 3 rings (SSSR count). The monoisotopic (exact) mass is 258 g/mol. The summed E-state index contributed by atoms with van der Waals surface area (Å²) >= 11 is 0. The molecule has 1 amide bonds. The zero-order chi connectivity index (χ0) is 13.5. The Kier molecular flexibility index (Phi) is 2.69. The summed E-state index contributed by atoms with van der Waals surface area (Å²) in [6.07, 6.45) is 1.59. The molecule has 0 bridgehead atoms. The summed E-state index contributed by atoms with van der Waals surface area (Å²) in [4.78, 5) is 17.9. The van der Waals surface area contributed by atoms with Gasteiger partial charge in [0.2, 0.25) is 5.91 Å². The fourth-order valence-corrected chi connectivity index (χ4v) is 2.81. The van der Waals surface area contributed by atoms with E-state index in [0.717, 1.165) is 37.2 Å². The minimum Gasteiger partial charge on any atom is -0.383 e. The molecule has 0 aliphatic carbocycles. The van der Waals surface area contributed by atoms with Crippen molar-refractivity contribution in [2.45, 2.75) is 25.4 Å². The zero-order valence-corrected chi connectivity index (χ0v) is 11.0. The Hall–Kier alpha value is -2.04. The number of carbonyl (C=O) groups excluding carboxylic acids is 1. The predicted octanol–water partition coefficient (Wildman–Crippen LogP) is 1.16. The average Bonchev–Trinajstić information content (AvgIpc) is 2.39. The second-order valence-electron chi connectivity index (χ2n) is 5.21. The number of piperidine rings is 1. The van der Waals surface area contributed by atoms with Crippen molar-refractivity contribution in [2.75, 3.05) is 18.4 Å². The van der Waals surface area contributed by atoms with Crippen molar-refractivity contribution in [1.29, 1.82) is 0 Å². The highest BCUT2D eigenvalue weighted by atomic mass is 16.2. The molecule has 1 spiro atoms. The van der Waals surface area contributed by atoms with Gasteiger partial charge in [-0.15, -0.1) is 0 Å². The number of hydrogen-bond acceptors (Lipinski definition) is 4. The van der Waals surface area contributed by atoms with Crippen LogP contribution in [0.1, 0.15) is 25.3 Å². The lowest BCUT2D eigenvalue weighted by molar-refractivity contribution is -0.130. The maximum atomic E-state index is 11.4. The molecule has 2 aliphatic heterocycles. The maximum Gasteiger partial charge on any atom is 0.219 e. The van der Waals surface area contributed by atoms with Crippen LogP contribution in [0.25, 0.3) is 0 Å². The van der Waals surface area contributed by atoms with Gasteiger partial charge >= 0.3 is 0 Å². The van der Waals surface area contributed by atoms with Crippen molar-refractivity contribution >= 4 is 17.4 Å². The molecular formula is C14H18N4O. The Morgan fingerprint density at radius 3 is 2.74 bits per heavy atom. The molecule has 2 heterocycles. The summed E-state index contributed by atoms with van der Waals surface area (Å²) in [6, 6.07) is 7.94. The van der Waals surface area contributed by atoms with Crippen LogP contribution in [0.2, 0.25) is 0 Å². The van der Waals surface area contributed by atoms with E-state index in [2.05, 4.69) is 10.3 Å². The molecule has 3 N–H and O–H groups in total. The summed E-state index contributed by atoms with van der Waals surface area (Å²) in [7, 11) is 0. The SMILES string of the molecule is CC(=O)N1CCC2(CC1)N=C(N)c1ccccc1N2. The van der Waals surface area contributed by atoms with Crippen molar-refractivity contribution in [3.8, 4) is 0 Å². The number of nitrogens with zero attached hydrogens (tertiary/aromatic N) is 2. The Morgan fingerprint density at radius 2 is 2.05 bits per heavy atom. The third-order valence-corrected chi connectivity index (χ3v) is 3.94. The minimum atomic E-state index is -0.343. The Morgan fingerprint density at radius 1 is 1.37 bits per heavy atom. The molecule has 1 fully saturated rings. The average molecular weight is 258 g/mol. The van der Waals surface area contributed by atoms with Crippen molar-refractivity contribution in [2.24, 2.45) is 10.7 Å². The van der Waals surface area contributed by atoms with Crippen LogP contribution in [0, 0.1) is 0 Å². The van der Waals surface area contributed by atoms with Gasteiger partial charge in [-0.05, 0) is 12.1 Å². The Balaban J connectivity index is 1.86. The fourth-order valence-electron chi connectivity index (χ4n) is 2.81. The number of rotatable bonds is 0. The molecule has 0 atom stereocenters. The molecule has 5 heteroatoms. The number of amides is 1. The second kappa shape index (κ2) is 4.26. The van der Waals surface area contributed by atoms with Crippen LogP contribution < -0.4 is 11.1 Å². The second-order valence-corrected chi connectivity index (χ2v) is 5.21. The van der Waals surface area contributed by atoms with Crippen LogP contribution in [0.3, 0.4) is 0 Å². The molecule has 0 aromatic heterocycles. The fraction of sp³-hybridized carbons (Fsp3) is 0.429. The van der Waals surface area contributed by atoms with E-state index >= 15 is 0 Å². The number of nitrogens with two attached hydrogens (primary N) is 1. The Bertz CT molecular complexity index is 544. The van der Waals surface area contributed by atoms with Gasteiger partial charge in [-0.1, -0.05) is 12.1 Å². The minimum absolute atomic E-state index is 0.128. The molecule has 1 aromatic rings. The third kappa shape index (κ3) is 2.05. The molecule has 0 radical (unpaired) electrons. The van der Waals surface area contributed by atoms with Gasteiger partial charge in [-0.2, -0.15) is 0 Å². The summed E-state index contributed by atoms with van der Waals surface area (Å²) < 4.78 is 0. The van der Waals surface area contributed by atoms with Gasteiger partial charge in [-0.25, -0.2) is 4.99 Å². The molecule has 0 saturated carbocycles. The van der Waals surface area contributed by atoms with E-state index in [9.17, 15) is 4.79 Å². The van der Waals surface area contributed by atoms with Crippen molar-refractivity contribution in [3.63, 3.8) is 0 Å². The van der Waals surface area contributed by atoms with Crippen LogP contribution >= 0.6 is 0 Å². The number of fused-ring (bicyclic) bond motifs is 1. The van der Waals surface area contributed by atoms with E-state index in [1.165, 1.54) is 0 Å². The Labute approximate surface area is 112 Å². The van der Waals surface area contributed by atoms with Gasteiger partial charge in [-0.3, -0.25) is 4.79 Å². The highest BCUT2D eigenvalue weighted by Gasteiger charge is 2.38. The van der Waals surface area contributed by atoms with Gasteiger partial charge in [0.1, 0.15) is 11.5 Å². The smallest absolute Gasteiger partial charge is 0.219 e. The summed E-state index contributed by atoms with van der Waals surface area (Å²) in [5.41, 5.74) is 7.73. The van der Waals surface area contributed by atoms with Crippen molar-refractivity contribution in [3.05, 3.63) is 29.8 Å².